The van der Waals surface area contributed by atoms with E-state index in [1.165, 1.54) is 0 Å². The fourth-order valence-corrected chi connectivity index (χ4v) is 3.92. The molecule has 0 aromatic carbocycles. The van der Waals surface area contributed by atoms with Crippen LogP contribution in [0.15, 0.2) is 0 Å². The van der Waals surface area contributed by atoms with Crippen molar-refractivity contribution in [3.05, 3.63) is 17.2 Å². The Bertz CT molecular complexity index is 749. The van der Waals surface area contributed by atoms with Gasteiger partial charge in [-0.25, -0.2) is 4.98 Å². The fourth-order valence-electron chi connectivity index (χ4n) is 3.92. The number of amides is 3. The average molecular weight is 390 g/mol. The van der Waals surface area contributed by atoms with Gasteiger partial charge in [-0.3, -0.25) is 14.4 Å². The molecule has 0 bridgehead atoms. The first-order valence-corrected chi connectivity index (χ1v) is 10.3. The number of piperazine rings is 1. The van der Waals surface area contributed by atoms with Gasteiger partial charge in [0, 0.05) is 53.2 Å². The maximum Gasteiger partial charge on any atom is 0.290 e. The SMILES string of the molecule is CCCCN(C)C(=O)c1nc(C(=O)N2CCN(C(C)=O)CC2)n2c1CCCC2. The highest BCUT2D eigenvalue weighted by Crippen LogP contribution is 2.23. The quantitative estimate of drug-likeness (QED) is 0.762. The molecule has 0 atom stereocenters. The standard InChI is InChI=1S/C20H31N5O3/c1-4-5-9-22(3)19(27)17-16-8-6-7-10-25(16)18(21-17)20(28)24-13-11-23(12-14-24)15(2)26/h4-14H2,1-3H3. The van der Waals surface area contributed by atoms with Gasteiger partial charge >= 0.3 is 0 Å². The Morgan fingerprint density at radius 3 is 2.36 bits per heavy atom. The minimum atomic E-state index is -0.137. The van der Waals surface area contributed by atoms with E-state index >= 15 is 0 Å². The van der Waals surface area contributed by atoms with Crippen LogP contribution < -0.4 is 0 Å². The zero-order valence-electron chi connectivity index (χ0n) is 17.2. The summed E-state index contributed by atoms with van der Waals surface area (Å²) in [5.41, 5.74) is 1.33. The van der Waals surface area contributed by atoms with Gasteiger partial charge in [0.1, 0.15) is 5.69 Å². The predicted octanol–water partition coefficient (Wildman–Crippen LogP) is 1.40. The summed E-state index contributed by atoms with van der Waals surface area (Å²) >= 11 is 0. The van der Waals surface area contributed by atoms with Crippen molar-refractivity contribution >= 4 is 17.7 Å². The van der Waals surface area contributed by atoms with Crippen LogP contribution in [0, 0.1) is 0 Å². The van der Waals surface area contributed by atoms with Gasteiger partial charge in [0.05, 0.1) is 5.69 Å². The number of carbonyl (C=O) groups is 3. The molecule has 1 aromatic rings. The molecule has 1 fully saturated rings. The van der Waals surface area contributed by atoms with Crippen molar-refractivity contribution in [3.63, 3.8) is 0 Å². The molecule has 0 radical (unpaired) electrons. The minimum Gasteiger partial charge on any atom is -0.340 e. The number of carbonyl (C=O) groups excluding carboxylic acids is 3. The second-order valence-electron chi connectivity index (χ2n) is 7.72. The largest absolute Gasteiger partial charge is 0.340 e. The number of hydrogen-bond acceptors (Lipinski definition) is 4. The summed E-state index contributed by atoms with van der Waals surface area (Å²) in [4.78, 5) is 47.4. The van der Waals surface area contributed by atoms with E-state index in [1.54, 1.807) is 28.7 Å². The Balaban J connectivity index is 1.82. The molecule has 0 N–H and O–H groups in total. The van der Waals surface area contributed by atoms with Crippen LogP contribution in [-0.4, -0.2) is 81.7 Å². The van der Waals surface area contributed by atoms with Gasteiger partial charge < -0.3 is 19.3 Å². The average Bonchev–Trinajstić information content (AvgIpc) is 3.10. The van der Waals surface area contributed by atoms with E-state index in [2.05, 4.69) is 11.9 Å². The third kappa shape index (κ3) is 4.05. The van der Waals surface area contributed by atoms with Crippen LogP contribution in [0.2, 0.25) is 0 Å². The Morgan fingerprint density at radius 1 is 1.04 bits per heavy atom. The molecule has 8 heteroatoms. The molecule has 0 spiro atoms. The van der Waals surface area contributed by atoms with Crippen molar-refractivity contribution in [2.24, 2.45) is 0 Å². The van der Waals surface area contributed by atoms with Crippen molar-refractivity contribution in [2.75, 3.05) is 39.8 Å². The van der Waals surface area contributed by atoms with Crippen molar-refractivity contribution in [3.8, 4) is 0 Å². The van der Waals surface area contributed by atoms with Gasteiger partial charge in [0.15, 0.2) is 5.82 Å². The highest BCUT2D eigenvalue weighted by molar-refractivity contribution is 5.97. The van der Waals surface area contributed by atoms with Gasteiger partial charge in [-0.05, 0) is 25.7 Å². The van der Waals surface area contributed by atoms with Gasteiger partial charge in [-0.1, -0.05) is 13.3 Å². The summed E-state index contributed by atoms with van der Waals surface area (Å²) < 4.78 is 1.95. The van der Waals surface area contributed by atoms with E-state index in [0.717, 1.165) is 44.3 Å². The molecule has 1 aromatic heterocycles. The Hall–Kier alpha value is -2.38. The molecule has 2 aliphatic heterocycles. The van der Waals surface area contributed by atoms with Crippen LogP contribution in [0.5, 0.6) is 0 Å². The van der Waals surface area contributed by atoms with E-state index in [-0.39, 0.29) is 17.7 Å². The molecule has 0 unspecified atom stereocenters. The maximum absolute atomic E-state index is 13.1. The van der Waals surface area contributed by atoms with Crippen LogP contribution in [0.4, 0.5) is 0 Å². The van der Waals surface area contributed by atoms with Gasteiger partial charge in [-0.2, -0.15) is 0 Å². The molecule has 0 saturated carbocycles. The van der Waals surface area contributed by atoms with E-state index in [0.29, 0.717) is 44.2 Å². The summed E-state index contributed by atoms with van der Waals surface area (Å²) in [5, 5.41) is 0. The molecule has 1 saturated heterocycles. The van der Waals surface area contributed by atoms with Crippen molar-refractivity contribution in [2.45, 2.75) is 52.5 Å². The summed E-state index contributed by atoms with van der Waals surface area (Å²) in [6.07, 6.45) is 4.75. The number of imidazole rings is 1. The Morgan fingerprint density at radius 2 is 1.71 bits per heavy atom. The molecular weight excluding hydrogens is 358 g/mol. The first-order valence-electron chi connectivity index (χ1n) is 10.3. The first-order chi connectivity index (χ1) is 13.4. The van der Waals surface area contributed by atoms with Crippen molar-refractivity contribution < 1.29 is 14.4 Å². The summed E-state index contributed by atoms with van der Waals surface area (Å²) in [6.45, 7) is 7.15. The molecule has 28 heavy (non-hydrogen) atoms. The van der Waals surface area contributed by atoms with Crippen LogP contribution >= 0.6 is 0 Å². The molecule has 0 aliphatic carbocycles. The lowest BCUT2D eigenvalue weighted by molar-refractivity contribution is -0.130. The van der Waals surface area contributed by atoms with Gasteiger partial charge in [0.2, 0.25) is 5.91 Å². The number of rotatable bonds is 5. The predicted molar refractivity (Wildman–Crippen MR) is 105 cm³/mol. The lowest BCUT2D eigenvalue weighted by Gasteiger charge is -2.34. The second kappa shape index (κ2) is 8.75. The van der Waals surface area contributed by atoms with E-state index in [9.17, 15) is 14.4 Å². The maximum atomic E-state index is 13.1. The summed E-state index contributed by atoms with van der Waals surface area (Å²) in [6, 6.07) is 0. The van der Waals surface area contributed by atoms with E-state index in [1.807, 2.05) is 4.57 Å². The molecule has 3 rings (SSSR count). The minimum absolute atomic E-state index is 0.0355. The number of nitrogens with zero attached hydrogens (tertiary/aromatic N) is 5. The van der Waals surface area contributed by atoms with E-state index < -0.39 is 0 Å². The summed E-state index contributed by atoms with van der Waals surface area (Å²) in [7, 11) is 1.80. The second-order valence-corrected chi connectivity index (χ2v) is 7.72. The smallest absolute Gasteiger partial charge is 0.290 e. The Labute approximate surface area is 166 Å². The molecule has 2 aliphatic rings. The Kier molecular flexibility index (Phi) is 6.36. The van der Waals surface area contributed by atoms with Gasteiger partial charge in [-0.15, -0.1) is 0 Å². The topological polar surface area (TPSA) is 78.8 Å². The molecule has 154 valence electrons. The number of aromatic nitrogens is 2. The zero-order valence-corrected chi connectivity index (χ0v) is 17.2. The highest BCUT2D eigenvalue weighted by Gasteiger charge is 2.32. The highest BCUT2D eigenvalue weighted by atomic mass is 16.2. The number of unbranched alkanes of at least 4 members (excludes halogenated alkanes) is 1. The summed E-state index contributed by atoms with van der Waals surface area (Å²) in [5.74, 6) is 0.174. The number of hydrogen-bond donors (Lipinski definition) is 0. The van der Waals surface area contributed by atoms with Gasteiger partial charge in [0.25, 0.3) is 11.8 Å². The fraction of sp³-hybridized carbons (Fsp3) is 0.700. The van der Waals surface area contributed by atoms with Crippen LogP contribution in [0.3, 0.4) is 0 Å². The van der Waals surface area contributed by atoms with Crippen LogP contribution in [-0.2, 0) is 17.8 Å². The lowest BCUT2D eigenvalue weighted by atomic mass is 10.1. The van der Waals surface area contributed by atoms with Crippen molar-refractivity contribution in [1.29, 1.82) is 0 Å². The normalized spacial score (nSPS) is 16.7. The monoisotopic (exact) mass is 389 g/mol. The zero-order chi connectivity index (χ0) is 20.3. The van der Waals surface area contributed by atoms with E-state index in [4.69, 9.17) is 0 Å². The van der Waals surface area contributed by atoms with Crippen LogP contribution in [0.1, 0.15) is 66.3 Å². The molecule has 3 heterocycles. The number of fused-ring (bicyclic) bond motifs is 1. The molecule has 8 nitrogen and oxygen atoms in total. The molecular formula is C20H31N5O3. The first kappa shape index (κ1) is 20.4. The van der Waals surface area contributed by atoms with Crippen LogP contribution in [0.25, 0.3) is 0 Å². The third-order valence-electron chi connectivity index (χ3n) is 5.72. The lowest BCUT2D eigenvalue weighted by Crippen LogP contribution is -2.50. The molecule has 3 amide bonds. The third-order valence-corrected chi connectivity index (χ3v) is 5.72. The van der Waals surface area contributed by atoms with Crippen molar-refractivity contribution in [1.82, 2.24) is 24.3 Å².